The average Bonchev–Trinajstić information content (AvgIpc) is 3.27. The third-order valence-electron chi connectivity index (χ3n) is 12.2. The van der Waals surface area contributed by atoms with Gasteiger partial charge in [-0.1, -0.05) is 231 Å². The summed E-state index contributed by atoms with van der Waals surface area (Å²) in [5.41, 5.74) is 0. The summed E-state index contributed by atoms with van der Waals surface area (Å²) in [5.74, 6) is -0.863. The summed E-state index contributed by atoms with van der Waals surface area (Å²) < 4.78 is 16.8. The quantitative estimate of drug-likeness (QED) is 0.0262. The number of rotatable bonds is 50. The van der Waals surface area contributed by atoms with Crippen molar-refractivity contribution in [2.24, 2.45) is 0 Å². The van der Waals surface area contributed by atoms with Gasteiger partial charge in [0, 0.05) is 19.3 Å². The highest BCUT2D eigenvalue weighted by Crippen LogP contribution is 2.16. The van der Waals surface area contributed by atoms with E-state index in [1.54, 1.807) is 0 Å². The molecule has 6 heteroatoms. The topological polar surface area (TPSA) is 78.9 Å². The van der Waals surface area contributed by atoms with E-state index >= 15 is 0 Å². The molecule has 0 saturated heterocycles. The van der Waals surface area contributed by atoms with Crippen molar-refractivity contribution in [3.63, 3.8) is 0 Å². The Kier molecular flexibility index (Phi) is 49.8. The minimum atomic E-state index is -0.770. The monoisotopic (exact) mass is 873 g/mol. The lowest BCUT2D eigenvalue weighted by molar-refractivity contribution is -0.167. The van der Waals surface area contributed by atoms with E-state index in [1.807, 2.05) is 0 Å². The molecule has 0 aliphatic heterocycles. The summed E-state index contributed by atoms with van der Waals surface area (Å²) in [7, 11) is 0. The molecular weight excluding hydrogens is 769 g/mol. The highest BCUT2D eigenvalue weighted by Gasteiger charge is 2.19. The molecule has 0 rings (SSSR count). The highest BCUT2D eigenvalue weighted by atomic mass is 16.6. The second-order valence-electron chi connectivity index (χ2n) is 18.5. The summed E-state index contributed by atoms with van der Waals surface area (Å²) in [6.07, 6.45) is 58.7. The maximum absolute atomic E-state index is 12.8. The first-order valence-electron chi connectivity index (χ1n) is 27.3. The summed E-state index contributed by atoms with van der Waals surface area (Å²) >= 11 is 0. The van der Waals surface area contributed by atoms with Crippen LogP contribution in [0.2, 0.25) is 0 Å². The number of allylic oxidation sites excluding steroid dienone is 4. The Labute approximate surface area is 385 Å². The zero-order valence-corrected chi connectivity index (χ0v) is 41.7. The molecule has 0 aromatic rings. The molecule has 0 aliphatic rings. The van der Waals surface area contributed by atoms with Crippen molar-refractivity contribution in [1.29, 1.82) is 0 Å². The molecule has 0 aromatic carbocycles. The fraction of sp³-hybridized carbons (Fsp3) is 0.875. The molecule has 0 spiro atoms. The van der Waals surface area contributed by atoms with E-state index in [0.717, 1.165) is 57.8 Å². The van der Waals surface area contributed by atoms with E-state index in [9.17, 15) is 14.4 Å². The van der Waals surface area contributed by atoms with E-state index in [-0.39, 0.29) is 31.1 Å². The fourth-order valence-corrected chi connectivity index (χ4v) is 8.02. The van der Waals surface area contributed by atoms with Crippen LogP contribution >= 0.6 is 0 Å². The van der Waals surface area contributed by atoms with Crippen LogP contribution in [0.5, 0.6) is 0 Å². The second kappa shape index (κ2) is 51.5. The van der Waals surface area contributed by atoms with Gasteiger partial charge in [-0.15, -0.1) is 0 Å². The van der Waals surface area contributed by atoms with Crippen molar-refractivity contribution in [3.8, 4) is 0 Å². The van der Waals surface area contributed by atoms with E-state index in [2.05, 4.69) is 45.1 Å². The van der Waals surface area contributed by atoms with E-state index < -0.39 is 6.10 Å². The zero-order valence-electron chi connectivity index (χ0n) is 41.7. The molecule has 1 atom stereocenters. The average molecular weight is 873 g/mol. The molecule has 62 heavy (non-hydrogen) atoms. The smallest absolute Gasteiger partial charge is 0.306 e. The summed E-state index contributed by atoms with van der Waals surface area (Å²) in [6, 6.07) is 0. The Bertz CT molecular complexity index is 1000. The van der Waals surface area contributed by atoms with Crippen LogP contribution in [0.4, 0.5) is 0 Å². The standard InChI is InChI=1S/C56H104O6/c1-4-7-10-13-16-19-22-25-28-31-34-37-40-43-46-49-55(58)61-52-53(51-60-54(57)48-45-42-39-36-33-30-27-24-21-18-15-12-9-6-3)62-56(59)50-47-44-41-38-35-32-29-26-23-20-17-14-11-8-5-2/h19-20,22-23,53H,4-18,21,24-52H2,1-3H3/b22-19+,23-20+/t53-/m1/s1. The van der Waals surface area contributed by atoms with Crippen molar-refractivity contribution in [3.05, 3.63) is 24.3 Å². The molecule has 6 nitrogen and oxygen atoms in total. The van der Waals surface area contributed by atoms with Crippen LogP contribution in [0.15, 0.2) is 24.3 Å². The van der Waals surface area contributed by atoms with Crippen LogP contribution in [0.1, 0.15) is 297 Å². The molecular formula is C56H104O6. The molecule has 0 fully saturated rings. The molecule has 0 N–H and O–H groups in total. The van der Waals surface area contributed by atoms with E-state index in [4.69, 9.17) is 14.2 Å². The van der Waals surface area contributed by atoms with Gasteiger partial charge in [-0.3, -0.25) is 14.4 Å². The molecule has 364 valence electrons. The minimum Gasteiger partial charge on any atom is -0.462 e. The number of ether oxygens (including phenoxy) is 3. The predicted molar refractivity (Wildman–Crippen MR) is 266 cm³/mol. The lowest BCUT2D eigenvalue weighted by Crippen LogP contribution is -2.30. The summed E-state index contributed by atoms with van der Waals surface area (Å²) in [6.45, 7) is 6.64. The van der Waals surface area contributed by atoms with Gasteiger partial charge < -0.3 is 14.2 Å². The highest BCUT2D eigenvalue weighted by molar-refractivity contribution is 5.71. The molecule has 0 aromatic heterocycles. The van der Waals surface area contributed by atoms with E-state index in [0.29, 0.717) is 19.3 Å². The number of carbonyl (C=O) groups is 3. The van der Waals surface area contributed by atoms with Crippen molar-refractivity contribution in [2.45, 2.75) is 303 Å². The van der Waals surface area contributed by atoms with Crippen molar-refractivity contribution >= 4 is 17.9 Å². The van der Waals surface area contributed by atoms with Gasteiger partial charge in [-0.25, -0.2) is 0 Å². The number of esters is 3. The molecule has 0 heterocycles. The van der Waals surface area contributed by atoms with Crippen LogP contribution < -0.4 is 0 Å². The van der Waals surface area contributed by atoms with Gasteiger partial charge in [-0.2, -0.15) is 0 Å². The van der Waals surface area contributed by atoms with Crippen molar-refractivity contribution in [2.75, 3.05) is 13.2 Å². The fourth-order valence-electron chi connectivity index (χ4n) is 8.02. The Hall–Kier alpha value is -2.11. The van der Waals surface area contributed by atoms with Crippen LogP contribution in [0, 0.1) is 0 Å². The Morgan fingerprint density at radius 3 is 0.823 bits per heavy atom. The molecule has 0 amide bonds. The van der Waals surface area contributed by atoms with Gasteiger partial charge in [0.05, 0.1) is 0 Å². The van der Waals surface area contributed by atoms with Crippen molar-refractivity contribution < 1.29 is 28.6 Å². The zero-order chi connectivity index (χ0) is 45.1. The van der Waals surface area contributed by atoms with Gasteiger partial charge >= 0.3 is 17.9 Å². The lowest BCUT2D eigenvalue weighted by atomic mass is 10.0. The third kappa shape index (κ3) is 48.9. The maximum Gasteiger partial charge on any atom is 0.306 e. The maximum atomic E-state index is 12.8. The number of unbranched alkanes of at least 4 members (excludes halogenated alkanes) is 35. The van der Waals surface area contributed by atoms with Gasteiger partial charge in [0.15, 0.2) is 6.10 Å². The molecule has 0 saturated carbocycles. The van der Waals surface area contributed by atoms with Crippen molar-refractivity contribution in [1.82, 2.24) is 0 Å². The van der Waals surface area contributed by atoms with Gasteiger partial charge in [-0.05, 0) is 70.6 Å². The number of hydrogen-bond donors (Lipinski definition) is 0. The van der Waals surface area contributed by atoms with Gasteiger partial charge in [0.25, 0.3) is 0 Å². The number of hydrogen-bond acceptors (Lipinski definition) is 6. The Morgan fingerprint density at radius 2 is 0.532 bits per heavy atom. The number of carbonyl (C=O) groups excluding carboxylic acids is 3. The van der Waals surface area contributed by atoms with Crippen LogP contribution in [-0.4, -0.2) is 37.2 Å². The summed E-state index contributed by atoms with van der Waals surface area (Å²) in [4.78, 5) is 38.0. The SMILES string of the molecule is CCCCCC/C=C/CCCCCCCCCC(=O)OC[C@@H](COC(=O)CCCCCCCCCCCCCCCC)OC(=O)CCCCCCCCC/C=C/CCCCCC. The Balaban J connectivity index is 4.35. The Morgan fingerprint density at radius 1 is 0.306 bits per heavy atom. The van der Waals surface area contributed by atoms with Crippen LogP contribution in [0.25, 0.3) is 0 Å². The first kappa shape index (κ1) is 59.9. The van der Waals surface area contributed by atoms with E-state index in [1.165, 1.54) is 199 Å². The summed E-state index contributed by atoms with van der Waals surface area (Å²) in [5, 5.41) is 0. The van der Waals surface area contributed by atoms with Gasteiger partial charge in [0.2, 0.25) is 0 Å². The van der Waals surface area contributed by atoms with Crippen LogP contribution in [0.3, 0.4) is 0 Å². The largest absolute Gasteiger partial charge is 0.462 e. The molecule has 0 aliphatic carbocycles. The van der Waals surface area contributed by atoms with Gasteiger partial charge in [0.1, 0.15) is 13.2 Å². The first-order chi connectivity index (χ1) is 30.5. The van der Waals surface area contributed by atoms with Crippen LogP contribution in [-0.2, 0) is 28.6 Å². The molecule has 0 unspecified atom stereocenters. The lowest BCUT2D eigenvalue weighted by Gasteiger charge is -2.18. The minimum absolute atomic E-state index is 0.0702. The second-order valence-corrected chi connectivity index (χ2v) is 18.5. The molecule has 0 bridgehead atoms. The normalized spacial score (nSPS) is 12.1. The third-order valence-corrected chi connectivity index (χ3v) is 12.2. The first-order valence-corrected chi connectivity index (χ1v) is 27.3. The predicted octanol–water partition coefficient (Wildman–Crippen LogP) is 17.9. The molecule has 0 radical (unpaired) electrons.